The summed E-state index contributed by atoms with van der Waals surface area (Å²) in [6, 6.07) is 9.61. The highest BCUT2D eigenvalue weighted by Gasteiger charge is 2.25. The number of hydrogen-bond donors (Lipinski definition) is 1. The van der Waals surface area contributed by atoms with Crippen LogP contribution in [-0.4, -0.2) is 41.9 Å². The molecule has 7 heteroatoms. The second kappa shape index (κ2) is 6.70. The summed E-state index contributed by atoms with van der Waals surface area (Å²) in [5, 5.41) is 9.22. The molecule has 2 aromatic rings. The molecule has 0 radical (unpaired) electrons. The Bertz CT molecular complexity index is 841. The molecule has 24 heavy (non-hydrogen) atoms. The van der Waals surface area contributed by atoms with E-state index < -0.39 is 16.0 Å². The first kappa shape index (κ1) is 16.6. The van der Waals surface area contributed by atoms with Gasteiger partial charge in [0.05, 0.1) is 4.90 Å². The van der Waals surface area contributed by atoms with Gasteiger partial charge in [-0.2, -0.15) is 4.31 Å². The Labute approximate surface area is 140 Å². The lowest BCUT2D eigenvalue weighted by Crippen LogP contribution is -2.35. The molecule has 1 aliphatic heterocycles. The lowest BCUT2D eigenvalue weighted by molar-refractivity contribution is 0.0691. The van der Waals surface area contributed by atoms with E-state index in [1.165, 1.54) is 22.6 Å². The third kappa shape index (κ3) is 3.18. The molecule has 3 rings (SSSR count). The van der Waals surface area contributed by atoms with E-state index in [-0.39, 0.29) is 10.6 Å². The molecule has 0 bridgehead atoms. The highest BCUT2D eigenvalue weighted by atomic mass is 32.2. The van der Waals surface area contributed by atoms with Crippen LogP contribution in [0.5, 0.6) is 0 Å². The zero-order valence-corrected chi connectivity index (χ0v) is 13.9. The number of benzene rings is 1. The van der Waals surface area contributed by atoms with Crippen LogP contribution in [0.25, 0.3) is 11.1 Å². The number of nitrogens with zero attached hydrogens (tertiary/aromatic N) is 2. The number of sulfonamides is 1. The van der Waals surface area contributed by atoms with Gasteiger partial charge >= 0.3 is 5.97 Å². The van der Waals surface area contributed by atoms with Crippen molar-refractivity contribution in [1.82, 2.24) is 9.29 Å². The van der Waals surface area contributed by atoms with E-state index >= 15 is 0 Å². The summed E-state index contributed by atoms with van der Waals surface area (Å²) in [6.45, 7) is 1.10. The van der Waals surface area contributed by atoms with Crippen LogP contribution in [0.15, 0.2) is 47.5 Å². The number of rotatable bonds is 4. The number of carbonyl (C=O) groups is 1. The van der Waals surface area contributed by atoms with E-state index in [1.807, 2.05) is 0 Å². The summed E-state index contributed by atoms with van der Waals surface area (Å²) in [6.07, 6.45) is 4.25. The number of piperidine rings is 1. The molecule has 126 valence electrons. The Morgan fingerprint density at radius 2 is 1.71 bits per heavy atom. The molecule has 0 spiro atoms. The summed E-state index contributed by atoms with van der Waals surface area (Å²) in [4.78, 5) is 15.4. The second-order valence-corrected chi connectivity index (χ2v) is 7.63. The third-order valence-corrected chi connectivity index (χ3v) is 6.04. The lowest BCUT2D eigenvalue weighted by Gasteiger charge is -2.25. The molecule has 1 aromatic heterocycles. The Morgan fingerprint density at radius 1 is 1.04 bits per heavy atom. The number of pyridine rings is 1. The minimum absolute atomic E-state index is 0.0517. The topological polar surface area (TPSA) is 87.6 Å². The Kier molecular flexibility index (Phi) is 4.64. The number of aromatic nitrogens is 1. The maximum atomic E-state index is 12.6. The first-order chi connectivity index (χ1) is 11.5. The van der Waals surface area contributed by atoms with Crippen molar-refractivity contribution in [3.63, 3.8) is 0 Å². The van der Waals surface area contributed by atoms with Gasteiger partial charge in [-0.25, -0.2) is 18.2 Å². The number of carboxylic acids is 1. The van der Waals surface area contributed by atoms with Crippen molar-refractivity contribution in [3.05, 3.63) is 48.3 Å². The van der Waals surface area contributed by atoms with Gasteiger partial charge < -0.3 is 5.11 Å². The maximum absolute atomic E-state index is 12.6. The predicted molar refractivity (Wildman–Crippen MR) is 89.2 cm³/mol. The Morgan fingerprint density at radius 3 is 2.33 bits per heavy atom. The lowest BCUT2D eigenvalue weighted by atomic mass is 10.0. The van der Waals surface area contributed by atoms with Crippen molar-refractivity contribution in [2.45, 2.75) is 24.2 Å². The van der Waals surface area contributed by atoms with Gasteiger partial charge in [0.2, 0.25) is 10.0 Å². The Hall–Kier alpha value is -2.25. The minimum Gasteiger partial charge on any atom is -0.476 e. The number of aromatic carboxylic acids is 1. The van der Waals surface area contributed by atoms with Gasteiger partial charge in [0, 0.05) is 24.8 Å². The van der Waals surface area contributed by atoms with E-state index in [1.54, 1.807) is 24.3 Å². The molecule has 0 unspecified atom stereocenters. The van der Waals surface area contributed by atoms with Gasteiger partial charge in [-0.15, -0.1) is 0 Å². The zero-order valence-electron chi connectivity index (χ0n) is 13.1. The number of carboxylic acid groups (broad SMARTS) is 1. The monoisotopic (exact) mass is 346 g/mol. The van der Waals surface area contributed by atoms with Crippen molar-refractivity contribution in [2.24, 2.45) is 0 Å². The van der Waals surface area contributed by atoms with Gasteiger partial charge in [-0.3, -0.25) is 0 Å². The second-order valence-electron chi connectivity index (χ2n) is 5.69. The summed E-state index contributed by atoms with van der Waals surface area (Å²) in [7, 11) is -3.49. The van der Waals surface area contributed by atoms with Crippen LogP contribution in [0, 0.1) is 0 Å². The fourth-order valence-corrected chi connectivity index (χ4v) is 4.39. The van der Waals surface area contributed by atoms with Crippen molar-refractivity contribution in [3.8, 4) is 11.1 Å². The summed E-state index contributed by atoms with van der Waals surface area (Å²) in [5.74, 6) is -1.12. The molecule has 0 amide bonds. The third-order valence-electron chi connectivity index (χ3n) is 4.13. The molecular weight excluding hydrogens is 328 g/mol. The minimum atomic E-state index is -3.49. The molecule has 1 saturated heterocycles. The molecular formula is C17H18N2O4S. The first-order valence-electron chi connectivity index (χ1n) is 7.79. The van der Waals surface area contributed by atoms with Gasteiger partial charge in [0.25, 0.3) is 0 Å². The smallest absolute Gasteiger partial charge is 0.355 e. The van der Waals surface area contributed by atoms with Crippen molar-refractivity contribution >= 4 is 16.0 Å². The fraction of sp³-hybridized carbons (Fsp3) is 0.294. The average Bonchev–Trinajstić information content (AvgIpc) is 2.62. The first-order valence-corrected chi connectivity index (χ1v) is 9.23. The average molecular weight is 346 g/mol. The summed E-state index contributed by atoms with van der Waals surface area (Å²) in [5.41, 5.74) is 1.04. The molecule has 0 saturated carbocycles. The SMILES string of the molecule is O=C(O)c1ncccc1-c1ccc(S(=O)(=O)N2CCCCC2)cc1. The standard InChI is InChI=1S/C17H18N2O4S/c20-17(21)16-15(5-4-10-18-16)13-6-8-14(9-7-13)24(22,23)19-11-2-1-3-12-19/h4-10H,1-3,11-12H2,(H,20,21). The van der Waals surface area contributed by atoms with E-state index in [2.05, 4.69) is 4.98 Å². The molecule has 0 atom stereocenters. The van der Waals surface area contributed by atoms with Gasteiger partial charge in [0.15, 0.2) is 5.69 Å². The molecule has 0 aliphatic carbocycles. The van der Waals surface area contributed by atoms with Crippen molar-refractivity contribution < 1.29 is 18.3 Å². The number of hydrogen-bond acceptors (Lipinski definition) is 4. The summed E-state index contributed by atoms with van der Waals surface area (Å²) >= 11 is 0. The van der Waals surface area contributed by atoms with E-state index in [4.69, 9.17) is 0 Å². The van der Waals surface area contributed by atoms with Crippen molar-refractivity contribution in [1.29, 1.82) is 0 Å². The van der Waals surface area contributed by atoms with Gasteiger partial charge in [0.1, 0.15) is 0 Å². The highest BCUT2D eigenvalue weighted by molar-refractivity contribution is 7.89. The fourth-order valence-electron chi connectivity index (χ4n) is 2.87. The van der Waals surface area contributed by atoms with Crippen LogP contribution in [0.4, 0.5) is 0 Å². The summed E-state index contributed by atoms with van der Waals surface area (Å²) < 4.78 is 26.8. The van der Waals surface area contributed by atoms with Crippen LogP contribution in [0.3, 0.4) is 0 Å². The predicted octanol–water partition coefficient (Wildman–Crippen LogP) is 2.62. The molecule has 1 fully saturated rings. The van der Waals surface area contributed by atoms with Crippen LogP contribution in [0.1, 0.15) is 29.8 Å². The van der Waals surface area contributed by atoms with Crippen LogP contribution < -0.4 is 0 Å². The molecule has 1 aromatic carbocycles. The molecule has 6 nitrogen and oxygen atoms in total. The largest absolute Gasteiger partial charge is 0.476 e. The normalized spacial score (nSPS) is 16.0. The molecule has 1 aliphatic rings. The van der Waals surface area contributed by atoms with Crippen LogP contribution in [-0.2, 0) is 10.0 Å². The highest BCUT2D eigenvalue weighted by Crippen LogP contribution is 2.26. The van der Waals surface area contributed by atoms with Gasteiger partial charge in [-0.05, 0) is 36.6 Å². The maximum Gasteiger partial charge on any atom is 0.355 e. The van der Waals surface area contributed by atoms with Crippen molar-refractivity contribution in [2.75, 3.05) is 13.1 Å². The zero-order chi connectivity index (χ0) is 17.2. The molecule has 1 N–H and O–H groups in total. The van der Waals surface area contributed by atoms with E-state index in [0.29, 0.717) is 24.2 Å². The van der Waals surface area contributed by atoms with Gasteiger partial charge in [-0.1, -0.05) is 24.6 Å². The van der Waals surface area contributed by atoms with E-state index in [9.17, 15) is 18.3 Å². The van der Waals surface area contributed by atoms with Crippen LogP contribution in [0.2, 0.25) is 0 Å². The Balaban J connectivity index is 1.93. The van der Waals surface area contributed by atoms with E-state index in [0.717, 1.165) is 19.3 Å². The quantitative estimate of drug-likeness (QED) is 0.919. The van der Waals surface area contributed by atoms with Crippen LogP contribution >= 0.6 is 0 Å². The molecule has 2 heterocycles.